The third-order valence-corrected chi connectivity index (χ3v) is 3.66. The smallest absolute Gasteiger partial charge is 0.0703 e. The molecule has 1 rings (SSSR count). The Morgan fingerprint density at radius 1 is 1.11 bits per heavy atom. The molecule has 1 N–H and O–H groups in total. The summed E-state index contributed by atoms with van der Waals surface area (Å²) in [4.78, 5) is 0. The maximum atomic E-state index is 5.76. The van der Waals surface area contributed by atoms with Crippen molar-refractivity contribution in [3.8, 4) is 0 Å². The molecule has 1 fully saturated rings. The summed E-state index contributed by atoms with van der Waals surface area (Å²) in [5.74, 6) is 0.810. The first-order valence-electron chi connectivity index (χ1n) is 7.66. The highest BCUT2D eigenvalue weighted by atomic mass is 16.5. The Hall–Kier alpha value is -0.120. The second kappa shape index (κ2) is 9.76. The van der Waals surface area contributed by atoms with Gasteiger partial charge in [-0.2, -0.15) is 0 Å². The summed E-state index contributed by atoms with van der Waals surface area (Å²) in [7, 11) is 0. The highest BCUT2D eigenvalue weighted by molar-refractivity contribution is 4.78. The van der Waals surface area contributed by atoms with Crippen LogP contribution >= 0.6 is 0 Å². The van der Waals surface area contributed by atoms with Crippen molar-refractivity contribution in [1.29, 1.82) is 0 Å². The topological polar surface area (TPSA) is 30.5 Å². The summed E-state index contributed by atoms with van der Waals surface area (Å²) < 4.78 is 11.2. The third kappa shape index (κ3) is 6.72. The van der Waals surface area contributed by atoms with Crippen LogP contribution in [0, 0.1) is 5.92 Å². The van der Waals surface area contributed by atoms with E-state index in [9.17, 15) is 0 Å². The normalized spacial score (nSPS) is 19.3. The fourth-order valence-corrected chi connectivity index (χ4v) is 2.71. The average Bonchev–Trinajstić information content (AvgIpc) is 2.38. The maximum absolute atomic E-state index is 5.76. The number of ether oxygens (including phenoxy) is 2. The Bertz CT molecular complexity index is 191. The van der Waals surface area contributed by atoms with Crippen LogP contribution in [0.15, 0.2) is 0 Å². The van der Waals surface area contributed by atoms with E-state index in [1.165, 1.54) is 32.1 Å². The molecule has 3 nitrogen and oxygen atoms in total. The molecule has 0 heterocycles. The summed E-state index contributed by atoms with van der Waals surface area (Å²) in [5, 5.41) is 3.59. The molecule has 18 heavy (non-hydrogen) atoms. The van der Waals surface area contributed by atoms with Crippen molar-refractivity contribution in [3.05, 3.63) is 0 Å². The molecule has 1 aliphatic carbocycles. The second-order valence-corrected chi connectivity index (χ2v) is 5.56. The van der Waals surface area contributed by atoms with Crippen LogP contribution in [0.25, 0.3) is 0 Å². The molecule has 108 valence electrons. The Balaban J connectivity index is 2.16. The highest BCUT2D eigenvalue weighted by Gasteiger charge is 2.22. The van der Waals surface area contributed by atoms with Crippen LogP contribution in [0.3, 0.4) is 0 Å². The Labute approximate surface area is 113 Å². The standard InChI is InChI=1S/C15H31NO2/c1-4-16-15(14-8-6-5-7-9-14)12-17-10-11-18-13(2)3/h13-16H,4-12H2,1-3H3. The molecule has 0 aromatic heterocycles. The lowest BCUT2D eigenvalue weighted by Gasteiger charge is -2.30. The minimum Gasteiger partial charge on any atom is -0.377 e. The Morgan fingerprint density at radius 3 is 2.44 bits per heavy atom. The van der Waals surface area contributed by atoms with Gasteiger partial charge in [0, 0.05) is 6.04 Å². The van der Waals surface area contributed by atoms with E-state index in [-0.39, 0.29) is 0 Å². The summed E-state index contributed by atoms with van der Waals surface area (Å²) in [6.45, 7) is 9.59. The van der Waals surface area contributed by atoms with Crippen molar-refractivity contribution in [3.63, 3.8) is 0 Å². The van der Waals surface area contributed by atoms with Crippen LogP contribution in [0.4, 0.5) is 0 Å². The van der Waals surface area contributed by atoms with E-state index >= 15 is 0 Å². The molecule has 0 bridgehead atoms. The van der Waals surface area contributed by atoms with E-state index in [1.54, 1.807) is 0 Å². The zero-order valence-electron chi connectivity index (χ0n) is 12.4. The predicted octanol–water partition coefficient (Wildman–Crippen LogP) is 2.99. The number of hydrogen-bond acceptors (Lipinski definition) is 3. The summed E-state index contributed by atoms with van der Waals surface area (Å²) in [6, 6.07) is 0.536. The monoisotopic (exact) mass is 257 g/mol. The predicted molar refractivity (Wildman–Crippen MR) is 75.9 cm³/mol. The van der Waals surface area contributed by atoms with Crippen LogP contribution in [-0.2, 0) is 9.47 Å². The van der Waals surface area contributed by atoms with Crippen molar-refractivity contribution in [2.75, 3.05) is 26.4 Å². The first-order valence-corrected chi connectivity index (χ1v) is 7.66. The van der Waals surface area contributed by atoms with E-state index in [0.29, 0.717) is 25.4 Å². The largest absolute Gasteiger partial charge is 0.377 e. The van der Waals surface area contributed by atoms with Gasteiger partial charge in [0.25, 0.3) is 0 Å². The van der Waals surface area contributed by atoms with Gasteiger partial charge in [0.15, 0.2) is 0 Å². The minimum absolute atomic E-state index is 0.302. The zero-order chi connectivity index (χ0) is 13.2. The fourth-order valence-electron chi connectivity index (χ4n) is 2.71. The first-order chi connectivity index (χ1) is 8.74. The molecule has 1 aliphatic rings. The van der Waals surface area contributed by atoms with Crippen molar-refractivity contribution in [1.82, 2.24) is 5.32 Å². The van der Waals surface area contributed by atoms with E-state index in [0.717, 1.165) is 19.1 Å². The molecule has 0 radical (unpaired) electrons. The van der Waals surface area contributed by atoms with Crippen molar-refractivity contribution in [2.45, 2.75) is 65.0 Å². The highest BCUT2D eigenvalue weighted by Crippen LogP contribution is 2.26. The minimum atomic E-state index is 0.302. The van der Waals surface area contributed by atoms with Gasteiger partial charge in [-0.1, -0.05) is 26.2 Å². The number of hydrogen-bond donors (Lipinski definition) is 1. The summed E-state index contributed by atoms with van der Waals surface area (Å²) in [5.41, 5.74) is 0. The molecular formula is C15H31NO2. The van der Waals surface area contributed by atoms with Crippen molar-refractivity contribution in [2.24, 2.45) is 5.92 Å². The summed E-state index contributed by atoms with van der Waals surface area (Å²) >= 11 is 0. The van der Waals surface area contributed by atoms with Crippen LogP contribution in [-0.4, -0.2) is 38.5 Å². The molecule has 0 amide bonds. The van der Waals surface area contributed by atoms with Crippen molar-refractivity contribution < 1.29 is 9.47 Å². The Kier molecular flexibility index (Phi) is 8.64. The molecule has 1 atom stereocenters. The van der Waals surface area contributed by atoms with E-state index < -0.39 is 0 Å². The molecule has 0 saturated heterocycles. The second-order valence-electron chi connectivity index (χ2n) is 5.56. The van der Waals surface area contributed by atoms with E-state index in [1.807, 2.05) is 0 Å². The lowest BCUT2D eigenvalue weighted by molar-refractivity contribution is 0.00765. The van der Waals surface area contributed by atoms with Gasteiger partial charge < -0.3 is 14.8 Å². The molecule has 0 aromatic carbocycles. The van der Waals surface area contributed by atoms with E-state index in [4.69, 9.17) is 9.47 Å². The van der Waals surface area contributed by atoms with E-state index in [2.05, 4.69) is 26.1 Å². The third-order valence-electron chi connectivity index (χ3n) is 3.66. The van der Waals surface area contributed by atoms with Gasteiger partial charge in [-0.15, -0.1) is 0 Å². The summed E-state index contributed by atoms with van der Waals surface area (Å²) in [6.07, 6.45) is 7.23. The quantitative estimate of drug-likeness (QED) is 0.644. The van der Waals surface area contributed by atoms with Crippen LogP contribution in [0.1, 0.15) is 52.9 Å². The number of likely N-dealkylation sites (N-methyl/N-ethyl adjacent to an activating group) is 1. The van der Waals surface area contributed by atoms with Gasteiger partial charge >= 0.3 is 0 Å². The number of rotatable bonds is 9. The molecule has 1 saturated carbocycles. The molecule has 0 aromatic rings. The Morgan fingerprint density at radius 2 is 1.83 bits per heavy atom. The van der Waals surface area contributed by atoms with Crippen LogP contribution in [0.2, 0.25) is 0 Å². The van der Waals surface area contributed by atoms with Gasteiger partial charge in [0.05, 0.1) is 25.9 Å². The molecule has 0 aliphatic heterocycles. The van der Waals surface area contributed by atoms with Crippen molar-refractivity contribution >= 4 is 0 Å². The van der Waals surface area contributed by atoms with Gasteiger partial charge in [0.1, 0.15) is 0 Å². The average molecular weight is 257 g/mol. The lowest BCUT2D eigenvalue weighted by Crippen LogP contribution is -2.41. The number of nitrogens with one attached hydrogen (secondary N) is 1. The van der Waals surface area contributed by atoms with Crippen LogP contribution < -0.4 is 5.32 Å². The molecule has 3 heteroatoms. The SMILES string of the molecule is CCNC(COCCOC(C)C)C1CCCCC1. The van der Waals surface area contributed by atoms with Gasteiger partial charge in [-0.05, 0) is 39.2 Å². The lowest BCUT2D eigenvalue weighted by atomic mass is 9.84. The molecular weight excluding hydrogens is 226 g/mol. The first kappa shape index (κ1) is 15.9. The maximum Gasteiger partial charge on any atom is 0.0703 e. The van der Waals surface area contributed by atoms with Gasteiger partial charge in [0.2, 0.25) is 0 Å². The van der Waals surface area contributed by atoms with Crippen LogP contribution in [0.5, 0.6) is 0 Å². The fraction of sp³-hybridized carbons (Fsp3) is 1.00. The zero-order valence-corrected chi connectivity index (χ0v) is 12.4. The molecule has 1 unspecified atom stereocenters. The van der Waals surface area contributed by atoms with Gasteiger partial charge in [-0.25, -0.2) is 0 Å². The molecule has 0 spiro atoms. The van der Waals surface area contributed by atoms with Gasteiger partial charge in [-0.3, -0.25) is 0 Å².